The summed E-state index contributed by atoms with van der Waals surface area (Å²) in [6.07, 6.45) is 8.99. The first-order chi connectivity index (χ1) is 13.6. The smallest absolute Gasteiger partial charge is 0.260 e. The molecule has 10 nitrogen and oxygen atoms in total. The molecule has 4 heterocycles. The topological polar surface area (TPSA) is 112 Å². The Kier molecular flexibility index (Phi) is 5.00. The number of hydrogen-bond donors (Lipinski definition) is 0. The summed E-state index contributed by atoms with van der Waals surface area (Å²) in [4.78, 5) is 27.4. The monoisotopic (exact) mass is 383 g/mol. The molecule has 1 aliphatic heterocycles. The highest BCUT2D eigenvalue weighted by molar-refractivity contribution is 5.96. The zero-order valence-corrected chi connectivity index (χ0v) is 15.8. The maximum Gasteiger partial charge on any atom is 0.260 e. The Morgan fingerprint density at radius 3 is 3.07 bits per heavy atom. The van der Waals surface area contributed by atoms with Gasteiger partial charge >= 0.3 is 0 Å². The van der Waals surface area contributed by atoms with Crippen LogP contribution in [0.1, 0.15) is 29.1 Å². The van der Waals surface area contributed by atoms with Crippen molar-refractivity contribution < 1.29 is 14.1 Å². The number of methoxy groups -OCH3 is 1. The van der Waals surface area contributed by atoms with Crippen molar-refractivity contribution in [3.63, 3.8) is 0 Å². The summed E-state index contributed by atoms with van der Waals surface area (Å²) < 4.78 is 12.2. The van der Waals surface area contributed by atoms with E-state index in [1.54, 1.807) is 36.5 Å². The van der Waals surface area contributed by atoms with Crippen LogP contribution in [0.25, 0.3) is 11.5 Å². The lowest BCUT2D eigenvalue weighted by Gasteiger charge is -2.32. The minimum atomic E-state index is -0.0690. The van der Waals surface area contributed by atoms with E-state index in [0.717, 1.165) is 12.8 Å². The minimum absolute atomic E-state index is 0.0690. The second-order valence-electron chi connectivity index (χ2n) is 6.79. The minimum Gasteiger partial charge on any atom is -0.479 e. The lowest BCUT2D eigenvalue weighted by Crippen LogP contribution is -2.40. The molecule has 3 aromatic rings. The van der Waals surface area contributed by atoms with Gasteiger partial charge in [-0.15, -0.1) is 5.10 Å². The maximum atomic E-state index is 12.9. The molecule has 0 N–H and O–H groups in total. The number of rotatable bonds is 5. The van der Waals surface area contributed by atoms with Crippen LogP contribution < -0.4 is 4.74 Å². The van der Waals surface area contributed by atoms with Gasteiger partial charge in [0, 0.05) is 45.1 Å². The van der Waals surface area contributed by atoms with Crippen LogP contribution in [0.15, 0.2) is 29.3 Å². The number of nitrogens with zero attached hydrogens (tertiary/aromatic N) is 7. The van der Waals surface area contributed by atoms with Crippen molar-refractivity contribution in [2.24, 2.45) is 13.0 Å². The van der Waals surface area contributed by atoms with Crippen molar-refractivity contribution >= 4 is 5.91 Å². The molecule has 10 heteroatoms. The van der Waals surface area contributed by atoms with E-state index < -0.39 is 0 Å². The van der Waals surface area contributed by atoms with Gasteiger partial charge in [-0.1, -0.05) is 5.16 Å². The van der Waals surface area contributed by atoms with Gasteiger partial charge < -0.3 is 14.2 Å². The standard InChI is InChI=1S/C18H21N7O3/c1-24-11-13(17(22-24)27-2)18(26)25-7-3-4-12(10-25)8-15-21-16(23-28-15)14-9-19-5-6-20-14/h5-6,9,11-12H,3-4,7-8,10H2,1-2H3. The van der Waals surface area contributed by atoms with E-state index in [1.807, 2.05) is 4.90 Å². The zero-order chi connectivity index (χ0) is 19.5. The predicted molar refractivity (Wildman–Crippen MR) is 97.4 cm³/mol. The first-order valence-electron chi connectivity index (χ1n) is 9.10. The van der Waals surface area contributed by atoms with Crippen LogP contribution in [-0.4, -0.2) is 60.9 Å². The van der Waals surface area contributed by atoms with Gasteiger partial charge in [0.25, 0.3) is 5.91 Å². The van der Waals surface area contributed by atoms with Crippen LogP contribution in [0.4, 0.5) is 0 Å². The Hall–Kier alpha value is -3.30. The summed E-state index contributed by atoms with van der Waals surface area (Å²) in [5.41, 5.74) is 1.05. The number of aryl methyl sites for hydroxylation is 1. The van der Waals surface area contributed by atoms with E-state index in [9.17, 15) is 4.79 Å². The lowest BCUT2D eigenvalue weighted by atomic mass is 9.94. The van der Waals surface area contributed by atoms with Gasteiger partial charge in [-0.05, 0) is 18.8 Å². The number of aromatic nitrogens is 6. The van der Waals surface area contributed by atoms with Crippen molar-refractivity contribution in [2.75, 3.05) is 20.2 Å². The van der Waals surface area contributed by atoms with Crippen molar-refractivity contribution in [1.82, 2.24) is 34.8 Å². The molecule has 1 aliphatic rings. The van der Waals surface area contributed by atoms with Gasteiger partial charge in [-0.25, -0.2) is 4.98 Å². The molecule has 0 spiro atoms. The highest BCUT2D eigenvalue weighted by Crippen LogP contribution is 2.25. The number of hydrogen-bond acceptors (Lipinski definition) is 8. The molecule has 0 aromatic carbocycles. The molecule has 1 amide bonds. The first kappa shape index (κ1) is 18.1. The fourth-order valence-corrected chi connectivity index (χ4v) is 3.46. The van der Waals surface area contributed by atoms with E-state index in [4.69, 9.17) is 9.26 Å². The van der Waals surface area contributed by atoms with E-state index in [1.165, 1.54) is 7.11 Å². The number of carbonyl (C=O) groups is 1. The van der Waals surface area contributed by atoms with Crippen molar-refractivity contribution in [3.8, 4) is 17.4 Å². The average molecular weight is 383 g/mol. The van der Waals surface area contributed by atoms with Gasteiger partial charge in [-0.2, -0.15) is 4.98 Å². The summed E-state index contributed by atoms with van der Waals surface area (Å²) >= 11 is 0. The number of ether oxygens (including phenoxy) is 1. The Morgan fingerprint density at radius 2 is 2.29 bits per heavy atom. The summed E-state index contributed by atoms with van der Waals surface area (Å²) in [7, 11) is 3.28. The van der Waals surface area contributed by atoms with Gasteiger partial charge in [0.05, 0.1) is 13.3 Å². The molecule has 4 rings (SSSR count). The maximum absolute atomic E-state index is 12.9. The molecule has 0 aliphatic carbocycles. The van der Waals surface area contributed by atoms with E-state index >= 15 is 0 Å². The first-order valence-corrected chi connectivity index (χ1v) is 9.10. The molecular formula is C18H21N7O3. The highest BCUT2D eigenvalue weighted by Gasteiger charge is 2.29. The highest BCUT2D eigenvalue weighted by atomic mass is 16.5. The Balaban J connectivity index is 1.43. The normalized spacial score (nSPS) is 16.9. The largest absolute Gasteiger partial charge is 0.479 e. The molecular weight excluding hydrogens is 362 g/mol. The van der Waals surface area contributed by atoms with Gasteiger partial charge in [-0.3, -0.25) is 14.5 Å². The molecule has 146 valence electrons. The Bertz CT molecular complexity index is 953. The van der Waals surface area contributed by atoms with Crippen LogP contribution in [0.5, 0.6) is 5.88 Å². The quantitative estimate of drug-likeness (QED) is 0.649. The third-order valence-corrected chi connectivity index (χ3v) is 4.75. The van der Waals surface area contributed by atoms with Gasteiger partial charge in [0.15, 0.2) is 0 Å². The third-order valence-electron chi connectivity index (χ3n) is 4.75. The van der Waals surface area contributed by atoms with Crippen molar-refractivity contribution in [3.05, 3.63) is 36.2 Å². The molecule has 1 fully saturated rings. The summed E-state index contributed by atoms with van der Waals surface area (Å²) in [5.74, 6) is 1.49. The molecule has 28 heavy (non-hydrogen) atoms. The number of amides is 1. The van der Waals surface area contributed by atoms with Crippen LogP contribution in [0, 0.1) is 5.92 Å². The predicted octanol–water partition coefficient (Wildman–Crippen LogP) is 1.36. The molecule has 3 aromatic heterocycles. The van der Waals surface area contributed by atoms with Gasteiger partial charge in [0.2, 0.25) is 17.6 Å². The van der Waals surface area contributed by atoms with Crippen molar-refractivity contribution in [2.45, 2.75) is 19.3 Å². The molecule has 1 unspecified atom stereocenters. The van der Waals surface area contributed by atoms with Gasteiger partial charge in [0.1, 0.15) is 11.3 Å². The Labute approximate surface area is 161 Å². The van der Waals surface area contributed by atoms with E-state index in [2.05, 4.69) is 25.2 Å². The lowest BCUT2D eigenvalue weighted by molar-refractivity contribution is 0.0664. The van der Waals surface area contributed by atoms with Crippen molar-refractivity contribution in [1.29, 1.82) is 0 Å². The van der Waals surface area contributed by atoms with E-state index in [-0.39, 0.29) is 11.8 Å². The second kappa shape index (κ2) is 7.75. The SMILES string of the molecule is COc1nn(C)cc1C(=O)N1CCCC(Cc2nc(-c3cnccn3)no2)C1. The number of likely N-dealkylation sites (tertiary alicyclic amines) is 1. The third kappa shape index (κ3) is 3.71. The van der Waals surface area contributed by atoms with E-state index in [0.29, 0.717) is 48.4 Å². The molecule has 0 radical (unpaired) electrons. The summed E-state index contributed by atoms with van der Waals surface area (Å²) in [6.45, 7) is 1.34. The Morgan fingerprint density at radius 1 is 1.39 bits per heavy atom. The zero-order valence-electron chi connectivity index (χ0n) is 15.8. The fourth-order valence-electron chi connectivity index (χ4n) is 3.46. The van der Waals surface area contributed by atoms with Crippen LogP contribution in [0.2, 0.25) is 0 Å². The summed E-state index contributed by atoms with van der Waals surface area (Å²) in [6, 6.07) is 0. The number of carbonyl (C=O) groups excluding carboxylic acids is 1. The molecule has 0 bridgehead atoms. The second-order valence-corrected chi connectivity index (χ2v) is 6.79. The molecule has 1 atom stereocenters. The summed E-state index contributed by atoms with van der Waals surface area (Å²) in [5, 5.41) is 8.15. The fraction of sp³-hybridized carbons (Fsp3) is 0.444. The van der Waals surface area contributed by atoms with Crippen LogP contribution in [-0.2, 0) is 13.5 Å². The number of piperidine rings is 1. The molecule has 1 saturated heterocycles. The molecule has 0 saturated carbocycles. The average Bonchev–Trinajstić information content (AvgIpc) is 3.34. The van der Waals surface area contributed by atoms with Crippen LogP contribution in [0.3, 0.4) is 0 Å². The van der Waals surface area contributed by atoms with Crippen LogP contribution >= 0.6 is 0 Å².